The minimum absolute atomic E-state index is 0.132. The van der Waals surface area contributed by atoms with E-state index in [0.29, 0.717) is 5.56 Å². The SMILES string of the molecule is Cc1ccccc1C1=CC(C(=O)NO)CC1.Cc1ccccc1F. The summed E-state index contributed by atoms with van der Waals surface area (Å²) < 4.78 is 12.3. The molecule has 1 amide bonds. The second kappa shape index (κ2) is 8.41. The van der Waals surface area contributed by atoms with Crippen molar-refractivity contribution in [2.45, 2.75) is 26.7 Å². The maximum atomic E-state index is 12.3. The van der Waals surface area contributed by atoms with E-state index in [0.717, 1.165) is 12.8 Å². The number of hydroxylamine groups is 1. The predicted octanol–water partition coefficient (Wildman–Crippen LogP) is 4.43. The third-order valence-electron chi connectivity index (χ3n) is 4.14. The third-order valence-corrected chi connectivity index (χ3v) is 4.14. The number of halogens is 1. The van der Waals surface area contributed by atoms with Crippen LogP contribution in [0.3, 0.4) is 0 Å². The van der Waals surface area contributed by atoms with Gasteiger partial charge in [-0.2, -0.15) is 0 Å². The summed E-state index contributed by atoms with van der Waals surface area (Å²) >= 11 is 0. The van der Waals surface area contributed by atoms with Crippen LogP contribution in [-0.2, 0) is 4.79 Å². The lowest BCUT2D eigenvalue weighted by Gasteiger charge is -2.05. The zero-order valence-electron chi connectivity index (χ0n) is 13.9. The highest BCUT2D eigenvalue weighted by Crippen LogP contribution is 2.33. The Morgan fingerprint density at radius 1 is 1.08 bits per heavy atom. The molecule has 126 valence electrons. The molecule has 0 bridgehead atoms. The van der Waals surface area contributed by atoms with E-state index in [2.05, 4.69) is 19.1 Å². The maximum Gasteiger partial charge on any atom is 0.250 e. The molecular weight excluding hydrogens is 305 g/mol. The Balaban J connectivity index is 0.000000219. The minimum Gasteiger partial charge on any atom is -0.289 e. The summed E-state index contributed by atoms with van der Waals surface area (Å²) in [6.07, 6.45) is 3.62. The first-order valence-corrected chi connectivity index (χ1v) is 7.94. The van der Waals surface area contributed by atoms with Crippen molar-refractivity contribution in [1.29, 1.82) is 0 Å². The van der Waals surface area contributed by atoms with Gasteiger partial charge in [0.1, 0.15) is 5.82 Å². The molecule has 0 aromatic heterocycles. The summed E-state index contributed by atoms with van der Waals surface area (Å²) in [5.74, 6) is -0.643. The van der Waals surface area contributed by atoms with E-state index < -0.39 is 0 Å². The van der Waals surface area contributed by atoms with Crippen LogP contribution in [0.1, 0.15) is 29.5 Å². The van der Waals surface area contributed by atoms with Crippen LogP contribution in [0.5, 0.6) is 0 Å². The molecular formula is C20H22FNO2. The van der Waals surface area contributed by atoms with Gasteiger partial charge in [-0.15, -0.1) is 0 Å². The molecule has 0 saturated carbocycles. The van der Waals surface area contributed by atoms with Crippen LogP contribution in [0.4, 0.5) is 4.39 Å². The van der Waals surface area contributed by atoms with E-state index in [1.807, 2.05) is 24.3 Å². The zero-order valence-corrected chi connectivity index (χ0v) is 13.9. The van der Waals surface area contributed by atoms with Crippen LogP contribution < -0.4 is 5.48 Å². The average Bonchev–Trinajstić information content (AvgIpc) is 3.08. The van der Waals surface area contributed by atoms with Gasteiger partial charge in [-0.3, -0.25) is 10.0 Å². The van der Waals surface area contributed by atoms with E-state index in [9.17, 15) is 9.18 Å². The van der Waals surface area contributed by atoms with E-state index in [4.69, 9.17) is 5.21 Å². The molecule has 0 heterocycles. The van der Waals surface area contributed by atoms with Crippen molar-refractivity contribution >= 4 is 11.5 Å². The van der Waals surface area contributed by atoms with Crippen LogP contribution in [-0.4, -0.2) is 11.1 Å². The summed E-state index contributed by atoms with van der Waals surface area (Å²) in [5, 5.41) is 8.58. The topological polar surface area (TPSA) is 49.3 Å². The van der Waals surface area contributed by atoms with Gasteiger partial charge in [-0.25, -0.2) is 9.87 Å². The Hall–Kier alpha value is -2.46. The molecule has 1 unspecified atom stereocenters. The number of allylic oxidation sites excluding steroid dienone is 1. The number of carbonyl (C=O) groups is 1. The first-order valence-electron chi connectivity index (χ1n) is 7.94. The fraction of sp³-hybridized carbons (Fsp3) is 0.250. The van der Waals surface area contributed by atoms with Gasteiger partial charge in [0.15, 0.2) is 0 Å². The van der Waals surface area contributed by atoms with Gasteiger partial charge in [0.25, 0.3) is 0 Å². The Kier molecular flexibility index (Phi) is 6.27. The zero-order chi connectivity index (χ0) is 17.5. The number of hydrogen-bond donors (Lipinski definition) is 2. The van der Waals surface area contributed by atoms with E-state index >= 15 is 0 Å². The van der Waals surface area contributed by atoms with Crippen molar-refractivity contribution in [3.63, 3.8) is 0 Å². The summed E-state index contributed by atoms with van der Waals surface area (Å²) in [7, 11) is 0. The van der Waals surface area contributed by atoms with Gasteiger partial charge in [0.2, 0.25) is 5.91 Å². The van der Waals surface area contributed by atoms with Crippen LogP contribution in [0, 0.1) is 25.6 Å². The summed E-state index contributed by atoms with van der Waals surface area (Å²) in [4.78, 5) is 11.3. The average molecular weight is 327 g/mol. The molecule has 1 aliphatic rings. The molecule has 2 aromatic rings. The Morgan fingerprint density at radius 2 is 1.71 bits per heavy atom. The third kappa shape index (κ3) is 4.52. The van der Waals surface area contributed by atoms with Gasteiger partial charge in [0.05, 0.1) is 5.92 Å². The Bertz CT molecular complexity index is 719. The van der Waals surface area contributed by atoms with Crippen molar-refractivity contribution in [3.8, 4) is 0 Å². The molecule has 1 aliphatic carbocycles. The lowest BCUT2D eigenvalue weighted by atomic mass is 10.0. The number of carbonyl (C=O) groups excluding carboxylic acids is 1. The van der Waals surface area contributed by atoms with Crippen LogP contribution in [0.15, 0.2) is 54.6 Å². The van der Waals surface area contributed by atoms with Crippen LogP contribution in [0.2, 0.25) is 0 Å². The molecule has 2 N–H and O–H groups in total. The second-order valence-electron chi connectivity index (χ2n) is 5.88. The Labute approximate surface area is 141 Å². The molecule has 24 heavy (non-hydrogen) atoms. The monoisotopic (exact) mass is 327 g/mol. The molecule has 0 fully saturated rings. The van der Waals surface area contributed by atoms with E-state index in [1.165, 1.54) is 22.8 Å². The van der Waals surface area contributed by atoms with Gasteiger partial charge < -0.3 is 0 Å². The number of hydrogen-bond acceptors (Lipinski definition) is 2. The largest absolute Gasteiger partial charge is 0.289 e. The molecule has 4 heteroatoms. The number of benzene rings is 2. The molecule has 2 aromatic carbocycles. The molecule has 3 nitrogen and oxygen atoms in total. The fourth-order valence-corrected chi connectivity index (χ4v) is 2.72. The molecule has 0 saturated heterocycles. The maximum absolute atomic E-state index is 12.3. The lowest BCUT2D eigenvalue weighted by molar-refractivity contribution is -0.131. The lowest BCUT2D eigenvalue weighted by Crippen LogP contribution is -2.25. The van der Waals surface area contributed by atoms with Gasteiger partial charge in [-0.1, -0.05) is 48.5 Å². The normalized spacial score (nSPS) is 16.0. The first-order chi connectivity index (χ1) is 11.5. The second-order valence-corrected chi connectivity index (χ2v) is 5.88. The van der Waals surface area contributed by atoms with Gasteiger partial charge in [0, 0.05) is 0 Å². The smallest absolute Gasteiger partial charge is 0.250 e. The summed E-state index contributed by atoms with van der Waals surface area (Å²) in [6.45, 7) is 3.81. The fourth-order valence-electron chi connectivity index (χ4n) is 2.72. The summed E-state index contributed by atoms with van der Waals surface area (Å²) in [6, 6.07) is 14.8. The van der Waals surface area contributed by atoms with Crippen molar-refractivity contribution in [3.05, 3.63) is 77.1 Å². The van der Waals surface area contributed by atoms with Crippen LogP contribution in [0.25, 0.3) is 5.57 Å². The van der Waals surface area contributed by atoms with Crippen molar-refractivity contribution in [2.24, 2.45) is 5.92 Å². The van der Waals surface area contributed by atoms with Crippen molar-refractivity contribution in [1.82, 2.24) is 5.48 Å². The van der Waals surface area contributed by atoms with Crippen molar-refractivity contribution < 1.29 is 14.4 Å². The van der Waals surface area contributed by atoms with Gasteiger partial charge in [-0.05, 0) is 55.0 Å². The number of rotatable bonds is 2. The quantitative estimate of drug-likeness (QED) is 0.633. The molecule has 0 radical (unpaired) electrons. The highest BCUT2D eigenvalue weighted by Gasteiger charge is 2.23. The van der Waals surface area contributed by atoms with Crippen LogP contribution >= 0.6 is 0 Å². The van der Waals surface area contributed by atoms with Gasteiger partial charge >= 0.3 is 0 Å². The van der Waals surface area contributed by atoms with E-state index in [1.54, 1.807) is 24.5 Å². The van der Waals surface area contributed by atoms with E-state index in [-0.39, 0.29) is 17.6 Å². The first kappa shape index (κ1) is 17.9. The predicted molar refractivity (Wildman–Crippen MR) is 92.9 cm³/mol. The minimum atomic E-state index is -0.316. The molecule has 0 spiro atoms. The highest BCUT2D eigenvalue weighted by atomic mass is 19.1. The molecule has 1 atom stereocenters. The number of amides is 1. The molecule has 0 aliphatic heterocycles. The number of nitrogens with one attached hydrogen (secondary N) is 1. The summed E-state index contributed by atoms with van der Waals surface area (Å²) in [5.41, 5.74) is 6.04. The Morgan fingerprint density at radius 3 is 2.25 bits per heavy atom. The number of aryl methyl sites for hydroxylation is 2. The standard InChI is InChI=1S/C13H15NO2.C7H7F/c1-9-4-2-3-5-12(9)10-6-7-11(8-10)13(15)14-16;1-6-4-2-3-5-7(6)8/h2-5,8,11,16H,6-7H2,1H3,(H,14,15);2-5H,1H3. The van der Waals surface area contributed by atoms with Crippen molar-refractivity contribution in [2.75, 3.05) is 0 Å². The highest BCUT2D eigenvalue weighted by molar-refractivity contribution is 5.84. The molecule has 3 rings (SSSR count).